The van der Waals surface area contributed by atoms with Gasteiger partial charge in [0.05, 0.1) is 6.04 Å². The molecule has 3 aromatic rings. The van der Waals surface area contributed by atoms with E-state index in [0.717, 1.165) is 23.9 Å². The minimum atomic E-state index is 0.0765. The van der Waals surface area contributed by atoms with Crippen LogP contribution >= 0.6 is 11.8 Å². The molecule has 0 N–H and O–H groups in total. The molecule has 0 fully saturated rings. The van der Waals surface area contributed by atoms with Crippen LogP contribution in [0.25, 0.3) is 5.69 Å². The van der Waals surface area contributed by atoms with E-state index in [1.165, 1.54) is 5.69 Å². The van der Waals surface area contributed by atoms with Crippen LogP contribution < -0.4 is 0 Å². The maximum Gasteiger partial charge on any atom is 0.254 e. The van der Waals surface area contributed by atoms with Gasteiger partial charge >= 0.3 is 0 Å². The largest absolute Gasteiger partial charge is 0.348 e. The van der Waals surface area contributed by atoms with Gasteiger partial charge in [0.2, 0.25) is 0 Å². The monoisotopic (exact) mass is 352 g/mol. The van der Waals surface area contributed by atoms with Gasteiger partial charge in [-0.05, 0) is 43.5 Å². The molecule has 1 amide bonds. The van der Waals surface area contributed by atoms with Gasteiger partial charge in [-0.3, -0.25) is 9.36 Å². The second kappa shape index (κ2) is 6.44. The number of nitrogens with zero attached hydrogens (tertiary/aromatic N) is 4. The number of amides is 1. The molecule has 4 rings (SSSR count). The lowest BCUT2D eigenvalue weighted by Crippen LogP contribution is -2.40. The fourth-order valence-corrected chi connectivity index (χ4v) is 3.98. The van der Waals surface area contributed by atoms with Crippen LogP contribution in [0, 0.1) is 0 Å². The first kappa shape index (κ1) is 16.0. The topological polar surface area (TPSA) is 43.1 Å². The van der Waals surface area contributed by atoms with Gasteiger partial charge in [0.1, 0.15) is 0 Å². The van der Waals surface area contributed by atoms with Gasteiger partial charge in [-0.2, -0.15) is 0 Å². The summed E-state index contributed by atoms with van der Waals surface area (Å²) in [4.78, 5) is 19.4. The summed E-state index contributed by atoms with van der Waals surface area (Å²) in [7, 11) is 0. The van der Waals surface area contributed by atoms with Crippen molar-refractivity contribution >= 4 is 17.7 Å². The number of thioether (sulfide) groups is 1. The summed E-state index contributed by atoms with van der Waals surface area (Å²) in [5.74, 6) is 0.0765. The van der Waals surface area contributed by atoms with E-state index >= 15 is 0 Å². The van der Waals surface area contributed by atoms with E-state index in [2.05, 4.69) is 28.7 Å². The predicted octanol–water partition coefficient (Wildman–Crippen LogP) is 3.61. The Kier molecular flexibility index (Phi) is 4.13. The molecule has 0 saturated carbocycles. The zero-order valence-corrected chi connectivity index (χ0v) is 15.1. The third-order valence-electron chi connectivity index (χ3n) is 4.76. The van der Waals surface area contributed by atoms with Crippen molar-refractivity contribution in [2.24, 2.45) is 0 Å². The number of benzene rings is 1. The number of hydrogen-bond donors (Lipinski definition) is 0. The van der Waals surface area contributed by atoms with Crippen molar-refractivity contribution in [1.29, 1.82) is 0 Å². The highest BCUT2D eigenvalue weighted by molar-refractivity contribution is 7.98. The number of aromatic nitrogens is 3. The molecular formula is C19H20N4OS. The van der Waals surface area contributed by atoms with E-state index in [1.54, 1.807) is 18.0 Å². The molecular weight excluding hydrogens is 332 g/mol. The molecule has 25 heavy (non-hydrogen) atoms. The smallest absolute Gasteiger partial charge is 0.254 e. The summed E-state index contributed by atoms with van der Waals surface area (Å²) in [6.07, 6.45) is 7.78. The second-order valence-electron chi connectivity index (χ2n) is 6.14. The Hall–Kier alpha value is -2.47. The Balaban J connectivity index is 1.64. The summed E-state index contributed by atoms with van der Waals surface area (Å²) in [5.41, 5.74) is 2.86. The molecule has 0 saturated heterocycles. The summed E-state index contributed by atoms with van der Waals surface area (Å²) >= 11 is 1.59. The molecule has 1 aliphatic rings. The quantitative estimate of drug-likeness (QED) is 0.676. The van der Waals surface area contributed by atoms with Crippen LogP contribution in [0.1, 0.15) is 29.0 Å². The molecule has 1 aliphatic heterocycles. The Morgan fingerprint density at radius 3 is 2.92 bits per heavy atom. The van der Waals surface area contributed by atoms with Crippen molar-refractivity contribution < 1.29 is 4.79 Å². The van der Waals surface area contributed by atoms with Crippen LogP contribution in [0.4, 0.5) is 0 Å². The fourth-order valence-electron chi connectivity index (χ4n) is 3.45. The molecule has 0 radical (unpaired) electrons. The zero-order chi connectivity index (χ0) is 17.4. The lowest BCUT2D eigenvalue weighted by molar-refractivity contribution is 0.0644. The lowest BCUT2D eigenvalue weighted by atomic mass is 10.1. The van der Waals surface area contributed by atoms with Gasteiger partial charge in [0.25, 0.3) is 5.91 Å². The van der Waals surface area contributed by atoms with E-state index in [-0.39, 0.29) is 11.9 Å². The third-order valence-corrected chi connectivity index (χ3v) is 5.43. The number of fused-ring (bicyclic) bond motifs is 1. The van der Waals surface area contributed by atoms with Gasteiger partial charge in [-0.25, -0.2) is 4.98 Å². The van der Waals surface area contributed by atoms with Crippen LogP contribution in [0.15, 0.2) is 60.1 Å². The zero-order valence-electron chi connectivity index (χ0n) is 14.3. The normalized spacial score (nSPS) is 16.7. The molecule has 0 aliphatic carbocycles. The highest BCUT2D eigenvalue weighted by Gasteiger charge is 2.28. The minimum absolute atomic E-state index is 0.0765. The molecule has 2 aromatic heterocycles. The van der Waals surface area contributed by atoms with Gasteiger partial charge in [-0.1, -0.05) is 17.8 Å². The van der Waals surface area contributed by atoms with Crippen molar-refractivity contribution in [3.05, 3.63) is 66.2 Å². The van der Waals surface area contributed by atoms with E-state index in [0.29, 0.717) is 5.56 Å². The summed E-state index contributed by atoms with van der Waals surface area (Å²) in [6.45, 7) is 3.66. The van der Waals surface area contributed by atoms with Gasteiger partial charge < -0.3 is 9.47 Å². The minimum Gasteiger partial charge on any atom is -0.348 e. The lowest BCUT2D eigenvalue weighted by Gasteiger charge is -2.35. The van der Waals surface area contributed by atoms with E-state index in [4.69, 9.17) is 0 Å². The average molecular weight is 352 g/mol. The Bertz CT molecular complexity index is 914. The average Bonchev–Trinajstić information content (AvgIpc) is 3.31. The molecule has 0 spiro atoms. The standard InChI is InChI=1S/C19H20N4OS/c1-14-17-7-4-9-21(17)11-12-22(14)18(24)15-5-3-6-16(13-15)23-10-8-20-19(23)25-2/h3-10,13-14H,11-12H2,1-2H3. The van der Waals surface area contributed by atoms with E-state index in [9.17, 15) is 4.79 Å². The second-order valence-corrected chi connectivity index (χ2v) is 6.91. The first-order chi connectivity index (χ1) is 12.2. The van der Waals surface area contributed by atoms with Crippen LogP contribution in [0.3, 0.4) is 0 Å². The van der Waals surface area contributed by atoms with Crippen LogP contribution in [-0.2, 0) is 6.54 Å². The maximum absolute atomic E-state index is 13.1. The molecule has 6 heteroatoms. The SMILES string of the molecule is CSc1nccn1-c1cccc(C(=O)N2CCn3cccc3C2C)c1. The van der Waals surface area contributed by atoms with Crippen molar-refractivity contribution in [1.82, 2.24) is 19.0 Å². The van der Waals surface area contributed by atoms with Crippen molar-refractivity contribution in [2.75, 3.05) is 12.8 Å². The first-order valence-corrected chi connectivity index (χ1v) is 9.55. The van der Waals surface area contributed by atoms with E-state index in [1.807, 2.05) is 52.3 Å². The molecule has 5 nitrogen and oxygen atoms in total. The van der Waals surface area contributed by atoms with Crippen molar-refractivity contribution in [2.45, 2.75) is 24.7 Å². The first-order valence-electron chi connectivity index (χ1n) is 8.33. The van der Waals surface area contributed by atoms with Crippen LogP contribution in [-0.4, -0.2) is 37.7 Å². The highest BCUT2D eigenvalue weighted by Crippen LogP contribution is 2.27. The molecule has 1 atom stereocenters. The molecule has 3 heterocycles. The predicted molar refractivity (Wildman–Crippen MR) is 99.2 cm³/mol. The summed E-state index contributed by atoms with van der Waals surface area (Å²) in [6, 6.07) is 12.0. The molecule has 0 bridgehead atoms. The van der Waals surface area contributed by atoms with Crippen LogP contribution in [0.2, 0.25) is 0 Å². The molecule has 128 valence electrons. The molecule has 1 aromatic carbocycles. The Labute approximate surface area is 151 Å². The van der Waals surface area contributed by atoms with Crippen LogP contribution in [0.5, 0.6) is 0 Å². The van der Waals surface area contributed by atoms with E-state index < -0.39 is 0 Å². The molecule has 1 unspecified atom stereocenters. The van der Waals surface area contributed by atoms with Gasteiger partial charge in [0.15, 0.2) is 5.16 Å². The number of carbonyl (C=O) groups excluding carboxylic acids is 1. The number of carbonyl (C=O) groups is 1. The highest BCUT2D eigenvalue weighted by atomic mass is 32.2. The number of imidazole rings is 1. The number of rotatable bonds is 3. The fraction of sp³-hybridized carbons (Fsp3) is 0.263. The maximum atomic E-state index is 13.1. The Morgan fingerprint density at radius 2 is 2.08 bits per heavy atom. The van der Waals surface area contributed by atoms with Crippen molar-refractivity contribution in [3.63, 3.8) is 0 Å². The Morgan fingerprint density at radius 1 is 1.20 bits per heavy atom. The van der Waals surface area contributed by atoms with Gasteiger partial charge in [-0.15, -0.1) is 0 Å². The third kappa shape index (κ3) is 2.76. The van der Waals surface area contributed by atoms with Gasteiger partial charge in [0, 0.05) is 48.6 Å². The number of hydrogen-bond acceptors (Lipinski definition) is 3. The summed E-state index contributed by atoms with van der Waals surface area (Å²) < 4.78 is 4.23. The van der Waals surface area contributed by atoms with Crippen molar-refractivity contribution in [3.8, 4) is 5.69 Å². The summed E-state index contributed by atoms with van der Waals surface area (Å²) in [5, 5.41) is 0.911.